The summed E-state index contributed by atoms with van der Waals surface area (Å²) in [5.74, 6) is -0.566. The van der Waals surface area contributed by atoms with E-state index < -0.39 is 11.4 Å². The van der Waals surface area contributed by atoms with Crippen LogP contribution >= 0.6 is 34.2 Å². The molecule has 2 aliphatic heterocycles. The molecule has 4 heterocycles. The van der Waals surface area contributed by atoms with Gasteiger partial charge in [0, 0.05) is 28.8 Å². The highest BCUT2D eigenvalue weighted by atomic mass is 127. The summed E-state index contributed by atoms with van der Waals surface area (Å²) >= 11 is 8.68. The minimum Gasteiger partial charge on any atom is -0.444 e. The average Bonchev–Trinajstić information content (AvgIpc) is 3.35. The van der Waals surface area contributed by atoms with E-state index in [0.29, 0.717) is 18.2 Å². The average molecular weight is 601 g/mol. The van der Waals surface area contributed by atoms with Crippen molar-refractivity contribution >= 4 is 51.3 Å². The van der Waals surface area contributed by atoms with Crippen molar-refractivity contribution in [2.75, 3.05) is 13.1 Å². The van der Waals surface area contributed by atoms with E-state index in [1.54, 1.807) is 4.90 Å². The standard InChI is InChI=1S/C24H30ClIN4O4/c1-23(2,3)34-22(31)29-8-6-7-13(10-29)14-9-16(19-18(14)32-24(4,5)33-19)30-11-15(26)17-20(25)27-12-28-21(17)30/h7,11-12,14,16,18-19H,6,8-10H2,1-5H3/t14-,16+,18-,19+/m1/s1. The van der Waals surface area contributed by atoms with E-state index in [2.05, 4.69) is 49.4 Å². The monoisotopic (exact) mass is 600 g/mol. The number of fused-ring (bicyclic) bond motifs is 2. The lowest BCUT2D eigenvalue weighted by atomic mass is 9.91. The molecule has 4 atom stereocenters. The van der Waals surface area contributed by atoms with Crippen molar-refractivity contribution in [2.45, 2.75) is 77.1 Å². The van der Waals surface area contributed by atoms with Crippen LogP contribution in [0.1, 0.15) is 53.5 Å². The number of halogens is 2. The molecule has 34 heavy (non-hydrogen) atoms. The van der Waals surface area contributed by atoms with Crippen LogP contribution in [0.15, 0.2) is 24.2 Å². The van der Waals surface area contributed by atoms with E-state index in [1.807, 2.05) is 34.6 Å². The fourth-order valence-electron chi connectivity index (χ4n) is 5.37. The summed E-state index contributed by atoms with van der Waals surface area (Å²) in [7, 11) is 0. The molecule has 0 unspecified atom stereocenters. The third kappa shape index (κ3) is 4.44. The van der Waals surface area contributed by atoms with E-state index >= 15 is 0 Å². The van der Waals surface area contributed by atoms with Crippen LogP contribution in [0.2, 0.25) is 5.15 Å². The van der Waals surface area contributed by atoms with Gasteiger partial charge in [-0.25, -0.2) is 14.8 Å². The van der Waals surface area contributed by atoms with Crippen molar-refractivity contribution in [3.63, 3.8) is 0 Å². The van der Waals surface area contributed by atoms with Gasteiger partial charge in [0.25, 0.3) is 0 Å². The van der Waals surface area contributed by atoms with Crippen LogP contribution in [0.5, 0.6) is 0 Å². The van der Waals surface area contributed by atoms with Crippen molar-refractivity contribution in [1.82, 2.24) is 19.4 Å². The first kappa shape index (κ1) is 24.3. The predicted octanol–water partition coefficient (Wildman–Crippen LogP) is 5.34. The molecule has 3 aliphatic rings. The molecule has 1 amide bonds. The third-order valence-electron chi connectivity index (χ3n) is 6.62. The second kappa shape index (κ2) is 8.60. The number of nitrogens with zero attached hydrogens (tertiary/aromatic N) is 4. The number of aromatic nitrogens is 3. The fraction of sp³-hybridized carbons (Fsp3) is 0.625. The van der Waals surface area contributed by atoms with Gasteiger partial charge < -0.3 is 23.7 Å². The van der Waals surface area contributed by atoms with Crippen molar-refractivity contribution in [3.05, 3.63) is 32.9 Å². The minimum absolute atomic E-state index is 0.0200. The SMILES string of the molecule is CC(C)(C)OC(=O)N1CCC=C([C@H]2C[C@H](n3cc(I)c4c(Cl)ncnc43)[C@@H]3OC(C)(C)O[C@@H]32)C1. The number of ether oxygens (including phenoxy) is 3. The minimum atomic E-state index is -0.685. The molecule has 0 spiro atoms. The van der Waals surface area contributed by atoms with Crippen LogP contribution in [-0.2, 0) is 14.2 Å². The first-order chi connectivity index (χ1) is 15.9. The summed E-state index contributed by atoms with van der Waals surface area (Å²) < 4.78 is 21.7. The van der Waals surface area contributed by atoms with Gasteiger partial charge in [-0.05, 0) is 75.6 Å². The summed E-state index contributed by atoms with van der Waals surface area (Å²) in [5.41, 5.74) is 1.48. The van der Waals surface area contributed by atoms with Gasteiger partial charge in [-0.2, -0.15) is 0 Å². The number of hydrogen-bond donors (Lipinski definition) is 0. The molecule has 2 fully saturated rings. The zero-order chi connectivity index (χ0) is 24.4. The van der Waals surface area contributed by atoms with Gasteiger partial charge in [0.05, 0.1) is 17.5 Å². The molecule has 0 bridgehead atoms. The van der Waals surface area contributed by atoms with Crippen molar-refractivity contribution < 1.29 is 19.0 Å². The largest absolute Gasteiger partial charge is 0.444 e. The van der Waals surface area contributed by atoms with Gasteiger partial charge in [-0.15, -0.1) is 0 Å². The first-order valence-electron chi connectivity index (χ1n) is 11.6. The summed E-state index contributed by atoms with van der Waals surface area (Å²) in [4.78, 5) is 23.3. The topological polar surface area (TPSA) is 78.7 Å². The number of carbonyl (C=O) groups is 1. The molecule has 1 aliphatic carbocycles. The molecule has 8 nitrogen and oxygen atoms in total. The molecular weight excluding hydrogens is 571 g/mol. The Morgan fingerprint density at radius 3 is 2.74 bits per heavy atom. The number of carbonyl (C=O) groups excluding carboxylic acids is 1. The lowest BCUT2D eigenvalue weighted by Gasteiger charge is -2.33. The molecule has 184 valence electrons. The normalized spacial score (nSPS) is 28.8. The smallest absolute Gasteiger partial charge is 0.410 e. The molecule has 0 aromatic carbocycles. The van der Waals surface area contributed by atoms with Crippen LogP contribution in [0.4, 0.5) is 4.79 Å². The van der Waals surface area contributed by atoms with Gasteiger partial charge in [0.1, 0.15) is 28.8 Å². The number of rotatable bonds is 2. The highest BCUT2D eigenvalue weighted by Gasteiger charge is 2.56. The van der Waals surface area contributed by atoms with E-state index in [-0.39, 0.29) is 30.3 Å². The Morgan fingerprint density at radius 2 is 2.00 bits per heavy atom. The van der Waals surface area contributed by atoms with E-state index in [4.69, 9.17) is 25.8 Å². The second-order valence-electron chi connectivity index (χ2n) is 10.7. The zero-order valence-electron chi connectivity index (χ0n) is 20.0. The predicted molar refractivity (Wildman–Crippen MR) is 137 cm³/mol. The molecular formula is C24H30ClIN4O4. The Hall–Kier alpha value is -1.43. The van der Waals surface area contributed by atoms with Crippen LogP contribution in [0.25, 0.3) is 11.0 Å². The summed E-state index contributed by atoms with van der Waals surface area (Å²) in [6, 6.07) is 0.0200. The lowest BCUT2D eigenvalue weighted by Crippen LogP contribution is -2.41. The Kier molecular flexibility index (Phi) is 6.14. The Bertz CT molecular complexity index is 1160. The molecule has 1 saturated heterocycles. The zero-order valence-corrected chi connectivity index (χ0v) is 23.0. The second-order valence-corrected chi connectivity index (χ2v) is 12.2. The molecule has 1 saturated carbocycles. The summed E-state index contributed by atoms with van der Waals surface area (Å²) in [6.45, 7) is 10.8. The van der Waals surface area contributed by atoms with Crippen LogP contribution in [0.3, 0.4) is 0 Å². The third-order valence-corrected chi connectivity index (χ3v) is 7.72. The van der Waals surface area contributed by atoms with Gasteiger partial charge in [0.2, 0.25) is 0 Å². The van der Waals surface area contributed by atoms with Gasteiger partial charge in [-0.1, -0.05) is 17.7 Å². The maximum atomic E-state index is 12.8. The van der Waals surface area contributed by atoms with Crippen molar-refractivity contribution in [3.8, 4) is 0 Å². The maximum Gasteiger partial charge on any atom is 0.410 e. The van der Waals surface area contributed by atoms with E-state index in [1.165, 1.54) is 11.9 Å². The molecule has 5 rings (SSSR count). The number of amides is 1. The highest BCUT2D eigenvalue weighted by molar-refractivity contribution is 14.1. The van der Waals surface area contributed by atoms with Crippen LogP contribution in [0, 0.1) is 9.49 Å². The van der Waals surface area contributed by atoms with E-state index in [0.717, 1.165) is 27.4 Å². The Morgan fingerprint density at radius 1 is 1.26 bits per heavy atom. The Labute approximate surface area is 218 Å². The van der Waals surface area contributed by atoms with Gasteiger partial charge >= 0.3 is 6.09 Å². The number of hydrogen-bond acceptors (Lipinski definition) is 6. The lowest BCUT2D eigenvalue weighted by molar-refractivity contribution is -0.158. The van der Waals surface area contributed by atoms with Crippen LogP contribution < -0.4 is 0 Å². The van der Waals surface area contributed by atoms with E-state index in [9.17, 15) is 4.79 Å². The summed E-state index contributed by atoms with van der Waals surface area (Å²) in [5, 5.41) is 1.31. The molecule has 0 radical (unpaired) electrons. The first-order valence-corrected chi connectivity index (χ1v) is 13.1. The fourth-order valence-corrected chi connectivity index (χ4v) is 6.55. The maximum absolute atomic E-state index is 12.8. The van der Waals surface area contributed by atoms with Crippen LogP contribution in [-0.4, -0.2) is 62.2 Å². The molecule has 2 aromatic rings. The molecule has 0 N–H and O–H groups in total. The highest BCUT2D eigenvalue weighted by Crippen LogP contribution is 2.50. The van der Waals surface area contributed by atoms with Crippen molar-refractivity contribution in [1.29, 1.82) is 0 Å². The molecule has 2 aromatic heterocycles. The van der Waals surface area contributed by atoms with Gasteiger partial charge in [0.15, 0.2) is 5.79 Å². The molecule has 10 heteroatoms. The quantitative estimate of drug-likeness (QED) is 0.263. The summed E-state index contributed by atoms with van der Waals surface area (Å²) in [6.07, 6.45) is 6.93. The Balaban J connectivity index is 1.46. The van der Waals surface area contributed by atoms with Gasteiger partial charge in [-0.3, -0.25) is 0 Å². The van der Waals surface area contributed by atoms with Crippen molar-refractivity contribution in [2.24, 2.45) is 5.92 Å².